The fraction of sp³-hybridized carbons (Fsp3) is 0.200. The predicted octanol–water partition coefficient (Wildman–Crippen LogP) is 1.04. The molecule has 0 aliphatic rings. The van der Waals surface area contributed by atoms with Crippen molar-refractivity contribution in [3.05, 3.63) is 25.1 Å². The first kappa shape index (κ1) is 8.00. The second-order valence-corrected chi connectivity index (χ2v) is 3.28. The number of aryl methyl sites for hydroxylation is 1. The Morgan fingerprint density at radius 1 is 1.80 bits per heavy atom. The maximum absolute atomic E-state index is 11.0. The van der Waals surface area contributed by atoms with Crippen molar-refractivity contribution >= 4 is 34.2 Å². The zero-order valence-corrected chi connectivity index (χ0v) is 8.05. The van der Waals surface area contributed by atoms with E-state index in [1.54, 1.807) is 13.2 Å². The Balaban J connectivity index is 3.50. The molecule has 0 fully saturated rings. The molecule has 0 unspecified atom stereocenters. The molecule has 54 valence electrons. The molecule has 0 aliphatic carbocycles. The summed E-state index contributed by atoms with van der Waals surface area (Å²) < 4.78 is 1.88. The Morgan fingerprint density at radius 2 is 2.40 bits per heavy atom. The molecule has 3 nitrogen and oxygen atoms in total. The third-order valence-electron chi connectivity index (χ3n) is 1.04. The monoisotopic (exact) mass is 270 g/mol. The minimum Gasteiger partial charge on any atom is -0.266 e. The lowest BCUT2D eigenvalue weighted by Gasteiger charge is -1.96. The van der Waals surface area contributed by atoms with Crippen LogP contribution >= 0.6 is 34.2 Å². The molecule has 1 rings (SSSR count). The average Bonchev–Trinajstić information content (AvgIpc) is 1.93. The van der Waals surface area contributed by atoms with E-state index in [1.165, 1.54) is 4.68 Å². The van der Waals surface area contributed by atoms with Gasteiger partial charge in [0.1, 0.15) is 5.02 Å². The molecule has 0 aromatic carbocycles. The van der Waals surface area contributed by atoms with Crippen LogP contribution in [0.15, 0.2) is 11.0 Å². The van der Waals surface area contributed by atoms with Crippen molar-refractivity contribution in [3.63, 3.8) is 0 Å². The summed E-state index contributed by atoms with van der Waals surface area (Å²) in [6.07, 6.45) is 1.55. The van der Waals surface area contributed by atoms with Crippen LogP contribution in [0.2, 0.25) is 5.02 Å². The van der Waals surface area contributed by atoms with Crippen LogP contribution in [0.1, 0.15) is 0 Å². The number of aromatic nitrogens is 2. The number of hydrogen-bond acceptors (Lipinski definition) is 2. The van der Waals surface area contributed by atoms with Crippen LogP contribution in [0.25, 0.3) is 0 Å². The van der Waals surface area contributed by atoms with E-state index >= 15 is 0 Å². The van der Waals surface area contributed by atoms with Gasteiger partial charge in [0.25, 0.3) is 5.56 Å². The lowest BCUT2D eigenvalue weighted by Crippen LogP contribution is -2.20. The molecule has 0 saturated carbocycles. The Hall–Kier alpha value is -0.100. The minimum absolute atomic E-state index is 0.234. The summed E-state index contributed by atoms with van der Waals surface area (Å²) in [5.74, 6) is 0. The molecule has 0 saturated heterocycles. The van der Waals surface area contributed by atoms with Crippen LogP contribution in [-0.4, -0.2) is 9.78 Å². The fourth-order valence-electron chi connectivity index (χ4n) is 0.491. The topological polar surface area (TPSA) is 34.9 Å². The van der Waals surface area contributed by atoms with Crippen molar-refractivity contribution in [2.75, 3.05) is 0 Å². The van der Waals surface area contributed by atoms with E-state index in [-0.39, 0.29) is 10.6 Å². The molecule has 0 amide bonds. The molecule has 0 atom stereocenters. The second-order valence-electron chi connectivity index (χ2n) is 1.74. The normalized spacial score (nSPS) is 9.90. The van der Waals surface area contributed by atoms with E-state index in [9.17, 15) is 4.79 Å². The van der Waals surface area contributed by atoms with Gasteiger partial charge in [-0.15, -0.1) is 0 Å². The molecule has 0 N–H and O–H groups in total. The number of hydrogen-bond donors (Lipinski definition) is 0. The van der Waals surface area contributed by atoms with Gasteiger partial charge in [-0.3, -0.25) is 4.79 Å². The molecule has 0 aliphatic heterocycles. The van der Waals surface area contributed by atoms with Gasteiger partial charge in [-0.2, -0.15) is 5.10 Å². The average molecular weight is 270 g/mol. The predicted molar refractivity (Wildman–Crippen MR) is 47.2 cm³/mol. The Morgan fingerprint density at radius 3 is 2.90 bits per heavy atom. The van der Waals surface area contributed by atoms with E-state index in [4.69, 9.17) is 11.6 Å². The zero-order valence-electron chi connectivity index (χ0n) is 5.14. The van der Waals surface area contributed by atoms with Gasteiger partial charge < -0.3 is 0 Å². The van der Waals surface area contributed by atoms with Crippen LogP contribution in [-0.2, 0) is 7.05 Å². The quantitative estimate of drug-likeness (QED) is 0.660. The highest BCUT2D eigenvalue weighted by molar-refractivity contribution is 14.1. The molecule has 0 bridgehead atoms. The number of nitrogens with zero attached hydrogens (tertiary/aromatic N) is 2. The van der Waals surface area contributed by atoms with Crippen molar-refractivity contribution in [1.82, 2.24) is 9.78 Å². The van der Waals surface area contributed by atoms with Crippen molar-refractivity contribution in [2.45, 2.75) is 0 Å². The molecule has 1 aromatic rings. The first-order valence-corrected chi connectivity index (χ1v) is 3.96. The van der Waals surface area contributed by atoms with E-state index in [2.05, 4.69) is 5.10 Å². The molecule has 1 heterocycles. The number of halogens is 2. The third-order valence-corrected chi connectivity index (χ3v) is 2.54. The van der Waals surface area contributed by atoms with Crippen LogP contribution in [0.5, 0.6) is 0 Å². The van der Waals surface area contributed by atoms with Gasteiger partial charge in [-0.25, -0.2) is 4.68 Å². The number of rotatable bonds is 0. The second kappa shape index (κ2) is 2.87. The van der Waals surface area contributed by atoms with E-state index in [0.29, 0.717) is 3.57 Å². The van der Waals surface area contributed by atoms with Crippen LogP contribution in [0, 0.1) is 3.57 Å². The van der Waals surface area contributed by atoms with Crippen LogP contribution in [0.3, 0.4) is 0 Å². The maximum Gasteiger partial charge on any atom is 0.286 e. The highest BCUT2D eigenvalue weighted by Gasteiger charge is 2.02. The lowest BCUT2D eigenvalue weighted by molar-refractivity contribution is 0.704. The van der Waals surface area contributed by atoms with Crippen molar-refractivity contribution in [3.8, 4) is 0 Å². The summed E-state index contributed by atoms with van der Waals surface area (Å²) in [4.78, 5) is 11.0. The summed E-state index contributed by atoms with van der Waals surface area (Å²) in [5, 5.41) is 3.99. The van der Waals surface area contributed by atoms with Gasteiger partial charge in [0.15, 0.2) is 0 Å². The standard InChI is InChI=1S/C5H4ClIN2O/c1-9-5(10)4(6)3(7)2-8-9/h2H,1H3. The Kier molecular flexibility index (Phi) is 2.30. The van der Waals surface area contributed by atoms with Crippen molar-refractivity contribution < 1.29 is 0 Å². The smallest absolute Gasteiger partial charge is 0.266 e. The summed E-state index contributed by atoms with van der Waals surface area (Å²) in [6.45, 7) is 0. The van der Waals surface area contributed by atoms with Gasteiger partial charge in [0.05, 0.1) is 9.77 Å². The fourth-order valence-corrected chi connectivity index (χ4v) is 1.02. The van der Waals surface area contributed by atoms with E-state index in [0.717, 1.165) is 0 Å². The maximum atomic E-state index is 11.0. The van der Waals surface area contributed by atoms with Gasteiger partial charge in [-0.1, -0.05) is 11.6 Å². The third kappa shape index (κ3) is 1.32. The molecule has 5 heteroatoms. The van der Waals surface area contributed by atoms with Gasteiger partial charge >= 0.3 is 0 Å². The van der Waals surface area contributed by atoms with Crippen LogP contribution in [0.4, 0.5) is 0 Å². The molecular formula is C5H4ClIN2O. The first-order chi connectivity index (χ1) is 4.63. The molecule has 0 spiro atoms. The summed E-state index contributed by atoms with van der Waals surface area (Å²) >= 11 is 7.56. The lowest BCUT2D eigenvalue weighted by atomic mass is 10.6. The highest BCUT2D eigenvalue weighted by Crippen LogP contribution is 2.10. The van der Waals surface area contributed by atoms with Crippen LogP contribution < -0.4 is 5.56 Å². The summed E-state index contributed by atoms with van der Waals surface area (Å²) in [6, 6.07) is 0. The summed E-state index contributed by atoms with van der Waals surface area (Å²) in [5.41, 5.74) is -0.256. The molecule has 0 radical (unpaired) electrons. The summed E-state index contributed by atoms with van der Waals surface area (Å²) in [7, 11) is 1.56. The van der Waals surface area contributed by atoms with E-state index < -0.39 is 0 Å². The molecule has 1 aromatic heterocycles. The van der Waals surface area contributed by atoms with E-state index in [1.807, 2.05) is 22.6 Å². The Bertz CT molecular complexity index is 309. The van der Waals surface area contributed by atoms with Crippen molar-refractivity contribution in [2.24, 2.45) is 7.05 Å². The first-order valence-electron chi connectivity index (χ1n) is 2.50. The highest BCUT2D eigenvalue weighted by atomic mass is 127. The van der Waals surface area contributed by atoms with Gasteiger partial charge in [-0.05, 0) is 22.6 Å². The minimum atomic E-state index is -0.256. The largest absolute Gasteiger partial charge is 0.286 e. The van der Waals surface area contributed by atoms with Gasteiger partial charge in [0, 0.05) is 7.05 Å². The molecule has 10 heavy (non-hydrogen) atoms. The molecular weight excluding hydrogens is 266 g/mol. The SMILES string of the molecule is Cn1ncc(I)c(Cl)c1=O. The Labute approximate surface area is 76.1 Å². The van der Waals surface area contributed by atoms with Crippen molar-refractivity contribution in [1.29, 1.82) is 0 Å². The van der Waals surface area contributed by atoms with Gasteiger partial charge in [0.2, 0.25) is 0 Å². The zero-order chi connectivity index (χ0) is 7.72.